The van der Waals surface area contributed by atoms with Crippen molar-refractivity contribution in [1.29, 1.82) is 0 Å². The maximum absolute atomic E-state index is 13.9. The zero-order valence-electron chi connectivity index (χ0n) is 12.1. The largest absolute Gasteiger partial charge is 0.506 e. The SMILES string of the molecule is COc1cc(F)c(C(=O)NCc2ncccc2O)cc1OC. The molecule has 0 aliphatic heterocycles. The number of rotatable bonds is 5. The molecule has 1 heterocycles. The summed E-state index contributed by atoms with van der Waals surface area (Å²) < 4.78 is 23.9. The molecule has 2 aromatic rings. The highest BCUT2D eigenvalue weighted by molar-refractivity contribution is 5.95. The van der Waals surface area contributed by atoms with Crippen molar-refractivity contribution in [2.75, 3.05) is 14.2 Å². The van der Waals surface area contributed by atoms with E-state index in [-0.39, 0.29) is 35.1 Å². The van der Waals surface area contributed by atoms with Crippen molar-refractivity contribution in [3.05, 3.63) is 47.5 Å². The lowest BCUT2D eigenvalue weighted by Crippen LogP contribution is -2.24. The Morgan fingerprint density at radius 2 is 2.00 bits per heavy atom. The normalized spacial score (nSPS) is 10.1. The first kappa shape index (κ1) is 15.6. The topological polar surface area (TPSA) is 80.7 Å². The van der Waals surface area contributed by atoms with Crippen LogP contribution in [-0.4, -0.2) is 30.2 Å². The van der Waals surface area contributed by atoms with E-state index < -0.39 is 11.7 Å². The van der Waals surface area contributed by atoms with Crippen LogP contribution in [0.1, 0.15) is 16.1 Å². The second-order valence-corrected chi connectivity index (χ2v) is 4.34. The summed E-state index contributed by atoms with van der Waals surface area (Å²) in [5, 5.41) is 12.1. The highest BCUT2D eigenvalue weighted by Gasteiger charge is 2.17. The third-order valence-corrected chi connectivity index (χ3v) is 3.00. The zero-order chi connectivity index (χ0) is 16.1. The average molecular weight is 306 g/mol. The Hall–Kier alpha value is -2.83. The molecule has 22 heavy (non-hydrogen) atoms. The molecule has 0 saturated heterocycles. The maximum Gasteiger partial charge on any atom is 0.254 e. The van der Waals surface area contributed by atoms with Crippen LogP contribution in [0.2, 0.25) is 0 Å². The molecule has 2 N–H and O–H groups in total. The van der Waals surface area contributed by atoms with E-state index in [1.807, 2.05) is 0 Å². The summed E-state index contributed by atoms with van der Waals surface area (Å²) in [7, 11) is 2.77. The van der Waals surface area contributed by atoms with Crippen LogP contribution in [0.25, 0.3) is 0 Å². The van der Waals surface area contributed by atoms with Gasteiger partial charge in [-0.05, 0) is 18.2 Å². The van der Waals surface area contributed by atoms with Gasteiger partial charge in [-0.25, -0.2) is 4.39 Å². The molecule has 116 valence electrons. The average Bonchev–Trinajstić information content (AvgIpc) is 2.53. The third kappa shape index (κ3) is 3.25. The summed E-state index contributed by atoms with van der Waals surface area (Å²) in [6, 6.07) is 5.34. The van der Waals surface area contributed by atoms with E-state index in [9.17, 15) is 14.3 Å². The quantitative estimate of drug-likeness (QED) is 0.881. The van der Waals surface area contributed by atoms with Crippen LogP contribution in [0.3, 0.4) is 0 Å². The molecule has 0 fully saturated rings. The number of amides is 1. The molecule has 0 aliphatic carbocycles. The molecule has 0 aliphatic rings. The molecule has 7 heteroatoms. The minimum atomic E-state index is -0.736. The molecule has 6 nitrogen and oxygen atoms in total. The fourth-order valence-corrected chi connectivity index (χ4v) is 1.85. The van der Waals surface area contributed by atoms with Crippen LogP contribution in [0.4, 0.5) is 4.39 Å². The third-order valence-electron chi connectivity index (χ3n) is 3.00. The van der Waals surface area contributed by atoms with E-state index >= 15 is 0 Å². The second kappa shape index (κ2) is 6.75. The molecular weight excluding hydrogens is 291 g/mol. The first-order valence-electron chi connectivity index (χ1n) is 6.39. The molecule has 0 saturated carbocycles. The van der Waals surface area contributed by atoms with Crippen molar-refractivity contribution in [2.24, 2.45) is 0 Å². The number of carbonyl (C=O) groups is 1. The number of methoxy groups -OCH3 is 2. The molecule has 1 aromatic carbocycles. The molecular formula is C15H15FN2O4. The number of ether oxygens (including phenoxy) is 2. The van der Waals surface area contributed by atoms with E-state index in [1.54, 1.807) is 6.07 Å². The zero-order valence-corrected chi connectivity index (χ0v) is 12.1. The van der Waals surface area contributed by atoms with Crippen molar-refractivity contribution >= 4 is 5.91 Å². The van der Waals surface area contributed by atoms with Gasteiger partial charge in [0.05, 0.1) is 26.3 Å². The van der Waals surface area contributed by atoms with Crippen molar-refractivity contribution in [1.82, 2.24) is 10.3 Å². The molecule has 0 spiro atoms. The van der Waals surface area contributed by atoms with Gasteiger partial charge in [0.2, 0.25) is 0 Å². The van der Waals surface area contributed by atoms with E-state index in [0.717, 1.165) is 6.07 Å². The molecule has 0 bridgehead atoms. The lowest BCUT2D eigenvalue weighted by atomic mass is 10.1. The number of hydrogen-bond donors (Lipinski definition) is 2. The van der Waals surface area contributed by atoms with Gasteiger partial charge in [0.25, 0.3) is 5.91 Å². The number of carbonyl (C=O) groups excluding carboxylic acids is 1. The van der Waals surface area contributed by atoms with E-state index in [1.165, 1.54) is 32.5 Å². The summed E-state index contributed by atoms with van der Waals surface area (Å²) >= 11 is 0. The molecule has 1 aromatic heterocycles. The molecule has 0 atom stereocenters. The number of pyridine rings is 1. The lowest BCUT2D eigenvalue weighted by molar-refractivity contribution is 0.0945. The maximum atomic E-state index is 13.9. The first-order valence-corrected chi connectivity index (χ1v) is 6.39. The number of aromatic hydroxyl groups is 1. The molecule has 0 unspecified atom stereocenters. The van der Waals surface area contributed by atoms with Crippen molar-refractivity contribution < 1.29 is 23.8 Å². The van der Waals surface area contributed by atoms with Gasteiger partial charge in [-0.1, -0.05) is 0 Å². The molecule has 2 rings (SSSR count). The summed E-state index contributed by atoms with van der Waals surface area (Å²) in [4.78, 5) is 16.0. The van der Waals surface area contributed by atoms with Gasteiger partial charge in [0.15, 0.2) is 11.5 Å². The van der Waals surface area contributed by atoms with Crippen LogP contribution in [0, 0.1) is 5.82 Å². The number of nitrogens with one attached hydrogen (secondary N) is 1. The fraction of sp³-hybridized carbons (Fsp3) is 0.200. The second-order valence-electron chi connectivity index (χ2n) is 4.34. The summed E-state index contributed by atoms with van der Waals surface area (Å²) in [5.74, 6) is -0.992. The predicted octanol–water partition coefficient (Wildman–Crippen LogP) is 1.87. The standard InChI is InChI=1S/C15H15FN2O4/c1-21-13-6-9(10(16)7-14(13)22-2)15(20)18-8-11-12(19)4-3-5-17-11/h3-7,19H,8H2,1-2H3,(H,18,20). The Kier molecular flexibility index (Phi) is 4.77. The van der Waals surface area contributed by atoms with Gasteiger partial charge >= 0.3 is 0 Å². The van der Waals surface area contributed by atoms with Gasteiger partial charge < -0.3 is 19.9 Å². The van der Waals surface area contributed by atoms with Crippen LogP contribution >= 0.6 is 0 Å². The van der Waals surface area contributed by atoms with Gasteiger partial charge in [-0.2, -0.15) is 0 Å². The van der Waals surface area contributed by atoms with E-state index in [2.05, 4.69) is 10.3 Å². The number of aromatic nitrogens is 1. The number of nitrogens with zero attached hydrogens (tertiary/aromatic N) is 1. The summed E-state index contributed by atoms with van der Waals surface area (Å²) in [6.07, 6.45) is 1.48. The Balaban J connectivity index is 2.18. The van der Waals surface area contributed by atoms with Crippen LogP contribution in [0.5, 0.6) is 17.2 Å². The Morgan fingerprint density at radius 1 is 1.32 bits per heavy atom. The van der Waals surface area contributed by atoms with E-state index in [0.29, 0.717) is 0 Å². The van der Waals surface area contributed by atoms with E-state index in [4.69, 9.17) is 9.47 Å². The van der Waals surface area contributed by atoms with Crippen LogP contribution in [0.15, 0.2) is 30.5 Å². The molecule has 0 radical (unpaired) electrons. The summed E-state index contributed by atoms with van der Waals surface area (Å²) in [5.41, 5.74) is 0.102. The monoisotopic (exact) mass is 306 g/mol. The number of halogens is 1. The fourth-order valence-electron chi connectivity index (χ4n) is 1.85. The van der Waals surface area contributed by atoms with Gasteiger partial charge in [0, 0.05) is 12.3 Å². The minimum absolute atomic E-state index is 0.0285. The van der Waals surface area contributed by atoms with Crippen molar-refractivity contribution in [3.63, 3.8) is 0 Å². The Bertz CT molecular complexity index is 691. The number of benzene rings is 1. The molecule has 1 amide bonds. The lowest BCUT2D eigenvalue weighted by Gasteiger charge is -2.11. The predicted molar refractivity (Wildman–Crippen MR) is 76.6 cm³/mol. The Labute approximate surface area is 126 Å². The van der Waals surface area contributed by atoms with Crippen LogP contribution < -0.4 is 14.8 Å². The smallest absolute Gasteiger partial charge is 0.254 e. The van der Waals surface area contributed by atoms with Gasteiger partial charge in [0.1, 0.15) is 17.3 Å². The van der Waals surface area contributed by atoms with Gasteiger partial charge in [-0.15, -0.1) is 0 Å². The van der Waals surface area contributed by atoms with Crippen molar-refractivity contribution in [2.45, 2.75) is 6.54 Å². The van der Waals surface area contributed by atoms with Gasteiger partial charge in [-0.3, -0.25) is 9.78 Å². The first-order chi connectivity index (χ1) is 10.6. The van der Waals surface area contributed by atoms with Crippen LogP contribution in [-0.2, 0) is 6.54 Å². The Morgan fingerprint density at radius 3 is 2.64 bits per heavy atom. The highest BCUT2D eigenvalue weighted by atomic mass is 19.1. The number of hydrogen-bond acceptors (Lipinski definition) is 5. The summed E-state index contributed by atoms with van der Waals surface area (Å²) in [6.45, 7) is -0.0285. The van der Waals surface area contributed by atoms with Crippen molar-refractivity contribution in [3.8, 4) is 17.2 Å². The highest BCUT2D eigenvalue weighted by Crippen LogP contribution is 2.29. The minimum Gasteiger partial charge on any atom is -0.506 e.